The van der Waals surface area contributed by atoms with E-state index in [1.54, 1.807) is 6.07 Å². The third-order valence-corrected chi connectivity index (χ3v) is 6.72. The fraction of sp³-hybridized carbons (Fsp3) is 0.320. The van der Waals surface area contributed by atoms with E-state index < -0.39 is 0 Å². The van der Waals surface area contributed by atoms with Gasteiger partial charge in [0.05, 0.1) is 11.3 Å². The maximum Gasteiger partial charge on any atom is 0.234 e. The standard InChI is InChI=1S/C25H27N3O2S/c1-4-23(29)27-21-13-20(9-8-15(21)2)26-24(30)14-31-25-16(3)10-19-11-17-6-5-7-18(17)12-22(19)28-25/h8-13H,4-7,14H2,1-3H3,(H,26,30)(H,27,29). The Kier molecular flexibility index (Phi) is 6.28. The topological polar surface area (TPSA) is 71.1 Å². The number of aryl methyl sites for hydroxylation is 4. The maximum atomic E-state index is 12.5. The number of nitrogens with zero attached hydrogens (tertiary/aromatic N) is 1. The molecular formula is C25H27N3O2S. The molecule has 0 fully saturated rings. The van der Waals surface area contributed by atoms with Gasteiger partial charge in [-0.3, -0.25) is 9.59 Å². The molecule has 1 heterocycles. The number of anilines is 2. The molecule has 0 atom stereocenters. The Labute approximate surface area is 187 Å². The van der Waals surface area contributed by atoms with E-state index in [1.165, 1.54) is 34.7 Å². The first-order chi connectivity index (χ1) is 14.9. The number of hydrogen-bond donors (Lipinski definition) is 2. The molecule has 160 valence electrons. The lowest BCUT2D eigenvalue weighted by Gasteiger charge is -2.12. The third-order valence-electron chi connectivity index (χ3n) is 5.63. The SMILES string of the molecule is CCC(=O)Nc1cc(NC(=O)CSc2nc3cc4c(cc3cc2C)CCC4)ccc1C. The Bertz CT molecular complexity index is 1170. The van der Waals surface area contributed by atoms with Crippen molar-refractivity contribution in [1.82, 2.24) is 4.98 Å². The van der Waals surface area contributed by atoms with Gasteiger partial charge in [-0.15, -0.1) is 0 Å². The van der Waals surface area contributed by atoms with Crippen molar-refractivity contribution in [2.75, 3.05) is 16.4 Å². The molecule has 31 heavy (non-hydrogen) atoms. The summed E-state index contributed by atoms with van der Waals surface area (Å²) in [5, 5.41) is 7.85. The average molecular weight is 434 g/mol. The molecule has 6 heteroatoms. The highest BCUT2D eigenvalue weighted by molar-refractivity contribution is 8.00. The summed E-state index contributed by atoms with van der Waals surface area (Å²) in [7, 11) is 0. The number of rotatable bonds is 6. The van der Waals surface area contributed by atoms with E-state index in [0.29, 0.717) is 12.1 Å². The quantitative estimate of drug-likeness (QED) is 0.509. The smallest absolute Gasteiger partial charge is 0.234 e. The van der Waals surface area contributed by atoms with Crippen LogP contribution in [0.3, 0.4) is 0 Å². The minimum atomic E-state index is -0.100. The van der Waals surface area contributed by atoms with E-state index in [1.807, 2.05) is 32.9 Å². The number of fused-ring (bicyclic) bond motifs is 2. The van der Waals surface area contributed by atoms with Crippen LogP contribution < -0.4 is 10.6 Å². The van der Waals surface area contributed by atoms with E-state index in [-0.39, 0.29) is 17.6 Å². The van der Waals surface area contributed by atoms with Gasteiger partial charge in [-0.2, -0.15) is 0 Å². The van der Waals surface area contributed by atoms with Crippen molar-refractivity contribution in [3.05, 3.63) is 58.7 Å². The number of carbonyl (C=O) groups is 2. The summed E-state index contributed by atoms with van der Waals surface area (Å²) in [5.74, 6) is 0.122. The van der Waals surface area contributed by atoms with Gasteiger partial charge in [-0.25, -0.2) is 4.98 Å². The number of carbonyl (C=O) groups excluding carboxylic acids is 2. The number of pyridine rings is 1. The summed E-state index contributed by atoms with van der Waals surface area (Å²) in [6.45, 7) is 5.78. The number of benzene rings is 2. The lowest BCUT2D eigenvalue weighted by molar-refractivity contribution is -0.116. The fourth-order valence-corrected chi connectivity index (χ4v) is 4.67. The van der Waals surface area contributed by atoms with Crippen molar-refractivity contribution < 1.29 is 9.59 Å². The lowest BCUT2D eigenvalue weighted by atomic mass is 10.1. The summed E-state index contributed by atoms with van der Waals surface area (Å²) in [4.78, 5) is 29.1. The van der Waals surface area contributed by atoms with Gasteiger partial charge in [0.15, 0.2) is 0 Å². The second-order valence-corrected chi connectivity index (χ2v) is 9.01. The molecular weight excluding hydrogens is 406 g/mol. The number of nitrogens with one attached hydrogen (secondary N) is 2. The van der Waals surface area contributed by atoms with Gasteiger partial charge in [0.2, 0.25) is 11.8 Å². The van der Waals surface area contributed by atoms with E-state index in [0.717, 1.165) is 40.2 Å². The zero-order valence-electron chi connectivity index (χ0n) is 18.2. The molecule has 1 aliphatic carbocycles. The Morgan fingerprint density at radius 2 is 1.74 bits per heavy atom. The van der Waals surface area contributed by atoms with Crippen molar-refractivity contribution in [2.24, 2.45) is 0 Å². The predicted molar refractivity (Wildman–Crippen MR) is 128 cm³/mol. The van der Waals surface area contributed by atoms with E-state index in [2.05, 4.69) is 28.8 Å². The van der Waals surface area contributed by atoms with E-state index in [9.17, 15) is 9.59 Å². The van der Waals surface area contributed by atoms with E-state index in [4.69, 9.17) is 4.98 Å². The largest absolute Gasteiger partial charge is 0.326 e. The summed E-state index contributed by atoms with van der Waals surface area (Å²) in [6.07, 6.45) is 3.91. The Hall–Kier alpha value is -2.86. The first-order valence-corrected chi connectivity index (χ1v) is 11.7. The molecule has 1 aromatic heterocycles. The minimum Gasteiger partial charge on any atom is -0.326 e. The molecule has 1 aliphatic rings. The molecule has 0 aliphatic heterocycles. The van der Waals surface area contributed by atoms with Crippen molar-refractivity contribution in [1.29, 1.82) is 0 Å². The first-order valence-electron chi connectivity index (χ1n) is 10.7. The van der Waals surface area contributed by atoms with Gasteiger partial charge >= 0.3 is 0 Å². The molecule has 0 unspecified atom stereocenters. The summed E-state index contributed by atoms with van der Waals surface area (Å²) in [6, 6.07) is 12.2. The van der Waals surface area contributed by atoms with Crippen molar-refractivity contribution in [2.45, 2.75) is 51.5 Å². The van der Waals surface area contributed by atoms with Crippen molar-refractivity contribution in [3.63, 3.8) is 0 Å². The van der Waals surface area contributed by atoms with Crippen LogP contribution >= 0.6 is 11.8 Å². The van der Waals surface area contributed by atoms with Crippen LogP contribution in [0.5, 0.6) is 0 Å². The number of thioether (sulfide) groups is 1. The maximum absolute atomic E-state index is 12.5. The van der Waals surface area contributed by atoms with Crippen LogP contribution in [-0.2, 0) is 22.4 Å². The van der Waals surface area contributed by atoms with Gasteiger partial charge < -0.3 is 10.6 Å². The molecule has 4 rings (SSSR count). The van der Waals surface area contributed by atoms with Crippen LogP contribution in [0.4, 0.5) is 11.4 Å². The molecule has 0 bridgehead atoms. The molecule has 3 aromatic rings. The average Bonchev–Trinajstić information content (AvgIpc) is 3.20. The Morgan fingerprint density at radius 3 is 2.52 bits per heavy atom. The molecule has 2 amide bonds. The number of amides is 2. The molecule has 0 saturated heterocycles. The monoisotopic (exact) mass is 433 g/mol. The van der Waals surface area contributed by atoms with Crippen LogP contribution in [-0.4, -0.2) is 22.6 Å². The third kappa shape index (κ3) is 4.90. The van der Waals surface area contributed by atoms with Gasteiger partial charge in [-0.05, 0) is 85.7 Å². The van der Waals surface area contributed by atoms with Crippen LogP contribution in [0.25, 0.3) is 10.9 Å². The summed E-state index contributed by atoms with van der Waals surface area (Å²) < 4.78 is 0. The molecule has 0 saturated carbocycles. The minimum absolute atomic E-state index is 0.0503. The van der Waals surface area contributed by atoms with Crippen LogP contribution in [0.2, 0.25) is 0 Å². The fourth-order valence-electron chi connectivity index (χ4n) is 3.89. The molecule has 2 N–H and O–H groups in total. The lowest BCUT2D eigenvalue weighted by Crippen LogP contribution is -2.15. The molecule has 5 nitrogen and oxygen atoms in total. The van der Waals surface area contributed by atoms with Crippen LogP contribution in [0.15, 0.2) is 41.4 Å². The molecule has 2 aromatic carbocycles. The van der Waals surface area contributed by atoms with E-state index >= 15 is 0 Å². The summed E-state index contributed by atoms with van der Waals surface area (Å²) in [5.41, 5.74) is 7.28. The number of aromatic nitrogens is 1. The number of hydrogen-bond acceptors (Lipinski definition) is 4. The highest BCUT2D eigenvalue weighted by Gasteiger charge is 2.14. The highest BCUT2D eigenvalue weighted by Crippen LogP contribution is 2.30. The first kappa shape index (κ1) is 21.4. The zero-order chi connectivity index (χ0) is 22.0. The van der Waals surface area contributed by atoms with Gasteiger partial charge in [0.25, 0.3) is 0 Å². The molecule has 0 spiro atoms. The molecule has 0 radical (unpaired) electrons. The second-order valence-electron chi connectivity index (χ2n) is 8.05. The summed E-state index contributed by atoms with van der Waals surface area (Å²) >= 11 is 1.45. The van der Waals surface area contributed by atoms with Crippen LogP contribution in [0, 0.1) is 13.8 Å². The normalized spacial score (nSPS) is 12.6. The van der Waals surface area contributed by atoms with Crippen molar-refractivity contribution >= 4 is 45.9 Å². The Balaban J connectivity index is 1.43. The van der Waals surface area contributed by atoms with Gasteiger partial charge in [-0.1, -0.05) is 24.8 Å². The highest BCUT2D eigenvalue weighted by atomic mass is 32.2. The zero-order valence-corrected chi connectivity index (χ0v) is 19.0. The Morgan fingerprint density at radius 1 is 0.968 bits per heavy atom. The van der Waals surface area contributed by atoms with Crippen LogP contribution in [0.1, 0.15) is 42.0 Å². The van der Waals surface area contributed by atoms with Gasteiger partial charge in [0.1, 0.15) is 5.03 Å². The predicted octanol–water partition coefficient (Wildman–Crippen LogP) is 5.42. The van der Waals surface area contributed by atoms with Gasteiger partial charge in [0, 0.05) is 23.2 Å². The van der Waals surface area contributed by atoms with Crippen molar-refractivity contribution in [3.8, 4) is 0 Å². The second kappa shape index (κ2) is 9.10.